The molecule has 14 heavy (non-hydrogen) atoms. The molecule has 2 bridgehead atoms. The van der Waals surface area contributed by atoms with Crippen LogP contribution < -0.4 is 5.73 Å². The van der Waals surface area contributed by atoms with Crippen LogP contribution >= 0.6 is 11.5 Å². The number of hydrogen-bond acceptors (Lipinski definition) is 5. The zero-order chi connectivity index (χ0) is 9.60. The summed E-state index contributed by atoms with van der Waals surface area (Å²) in [6.07, 6.45) is 5.65. The highest BCUT2D eigenvalue weighted by Crippen LogP contribution is 2.48. The number of rotatable bonds is 2. The Morgan fingerprint density at radius 1 is 1.64 bits per heavy atom. The van der Waals surface area contributed by atoms with Crippen LogP contribution in [0.15, 0.2) is 6.33 Å². The summed E-state index contributed by atoms with van der Waals surface area (Å²) >= 11 is 1.46. The van der Waals surface area contributed by atoms with Crippen LogP contribution in [-0.2, 0) is 10.2 Å². The predicted octanol–water partition coefficient (Wildman–Crippen LogP) is 0.686. The van der Waals surface area contributed by atoms with E-state index in [1.165, 1.54) is 18.0 Å². The summed E-state index contributed by atoms with van der Waals surface area (Å²) in [5, 5.41) is 1.06. The average Bonchev–Trinajstić information content (AvgIpc) is 2.93. The summed E-state index contributed by atoms with van der Waals surface area (Å²) in [5.41, 5.74) is 5.88. The number of nitrogens with two attached hydrogens (primary N) is 1. The topological polar surface area (TPSA) is 61.0 Å². The SMILES string of the molecule is NCC1(c2ncns2)CC2CCC1O2. The van der Waals surface area contributed by atoms with Gasteiger partial charge in [-0.2, -0.15) is 4.37 Å². The van der Waals surface area contributed by atoms with E-state index in [-0.39, 0.29) is 11.5 Å². The molecule has 0 radical (unpaired) electrons. The van der Waals surface area contributed by atoms with E-state index in [0.717, 1.165) is 17.8 Å². The van der Waals surface area contributed by atoms with Crippen LogP contribution in [0.25, 0.3) is 0 Å². The molecule has 0 aromatic carbocycles. The Bertz CT molecular complexity index is 329. The van der Waals surface area contributed by atoms with Crippen molar-refractivity contribution in [1.29, 1.82) is 0 Å². The van der Waals surface area contributed by atoms with E-state index in [2.05, 4.69) is 9.36 Å². The molecule has 0 amide bonds. The molecular formula is C9H13N3OS. The molecule has 2 N–H and O–H groups in total. The zero-order valence-electron chi connectivity index (χ0n) is 7.85. The molecule has 2 fully saturated rings. The van der Waals surface area contributed by atoms with E-state index in [1.54, 1.807) is 6.33 Å². The third-order valence-corrected chi connectivity index (χ3v) is 4.35. The van der Waals surface area contributed by atoms with Crippen LogP contribution in [-0.4, -0.2) is 28.1 Å². The summed E-state index contributed by atoms with van der Waals surface area (Å²) in [6, 6.07) is 0. The van der Waals surface area contributed by atoms with Gasteiger partial charge in [0.25, 0.3) is 0 Å². The quantitative estimate of drug-likeness (QED) is 0.781. The van der Waals surface area contributed by atoms with Gasteiger partial charge in [0.1, 0.15) is 11.3 Å². The normalized spacial score (nSPS) is 40.6. The monoisotopic (exact) mass is 211 g/mol. The molecule has 0 aliphatic carbocycles. The number of nitrogens with zero attached hydrogens (tertiary/aromatic N) is 2. The van der Waals surface area contributed by atoms with Crippen molar-refractivity contribution in [2.45, 2.75) is 36.9 Å². The van der Waals surface area contributed by atoms with Gasteiger partial charge < -0.3 is 10.5 Å². The van der Waals surface area contributed by atoms with E-state index < -0.39 is 0 Å². The lowest BCUT2D eigenvalue weighted by Gasteiger charge is -2.31. The minimum absolute atomic E-state index is 0.0237. The first kappa shape index (κ1) is 8.76. The standard InChI is InChI=1S/C9H13N3OS/c10-4-9(8-11-5-12-14-8)3-6-1-2-7(9)13-6/h5-7H,1-4,10H2. The first-order valence-corrected chi connectivity index (χ1v) is 5.75. The van der Waals surface area contributed by atoms with Gasteiger partial charge in [-0.1, -0.05) is 0 Å². The lowest BCUT2D eigenvalue weighted by Crippen LogP contribution is -2.43. The number of aromatic nitrogens is 2. The molecule has 3 heterocycles. The van der Waals surface area contributed by atoms with E-state index in [4.69, 9.17) is 10.5 Å². The summed E-state index contributed by atoms with van der Waals surface area (Å²) < 4.78 is 9.92. The van der Waals surface area contributed by atoms with Crippen molar-refractivity contribution in [3.8, 4) is 0 Å². The molecule has 1 aromatic rings. The zero-order valence-corrected chi connectivity index (χ0v) is 8.67. The fourth-order valence-electron chi connectivity index (χ4n) is 2.72. The highest BCUT2D eigenvalue weighted by molar-refractivity contribution is 7.05. The van der Waals surface area contributed by atoms with Crippen LogP contribution in [0.3, 0.4) is 0 Å². The van der Waals surface area contributed by atoms with Gasteiger partial charge in [0.2, 0.25) is 0 Å². The van der Waals surface area contributed by atoms with Crippen molar-refractivity contribution < 1.29 is 4.74 Å². The van der Waals surface area contributed by atoms with Gasteiger partial charge in [0.05, 0.1) is 17.6 Å². The van der Waals surface area contributed by atoms with Gasteiger partial charge in [0.15, 0.2) is 0 Å². The number of ether oxygens (including phenoxy) is 1. The van der Waals surface area contributed by atoms with Gasteiger partial charge >= 0.3 is 0 Å². The van der Waals surface area contributed by atoms with E-state index in [9.17, 15) is 0 Å². The molecule has 76 valence electrons. The minimum atomic E-state index is -0.0237. The number of hydrogen-bond donors (Lipinski definition) is 1. The molecule has 2 saturated heterocycles. The second-order valence-electron chi connectivity index (χ2n) is 4.13. The maximum Gasteiger partial charge on any atom is 0.129 e. The van der Waals surface area contributed by atoms with Gasteiger partial charge in [-0.3, -0.25) is 0 Å². The largest absolute Gasteiger partial charge is 0.374 e. The van der Waals surface area contributed by atoms with Gasteiger partial charge in [0, 0.05) is 6.54 Å². The van der Waals surface area contributed by atoms with Crippen molar-refractivity contribution in [3.63, 3.8) is 0 Å². The Morgan fingerprint density at radius 3 is 3.07 bits per heavy atom. The molecule has 5 heteroatoms. The van der Waals surface area contributed by atoms with E-state index in [0.29, 0.717) is 12.6 Å². The fraction of sp³-hybridized carbons (Fsp3) is 0.778. The smallest absolute Gasteiger partial charge is 0.129 e. The third-order valence-electron chi connectivity index (χ3n) is 3.47. The molecule has 3 rings (SSSR count). The molecule has 2 aliphatic heterocycles. The highest BCUT2D eigenvalue weighted by Gasteiger charge is 2.54. The Hall–Kier alpha value is -0.520. The summed E-state index contributed by atoms with van der Waals surface area (Å²) in [7, 11) is 0. The summed E-state index contributed by atoms with van der Waals surface area (Å²) in [6.45, 7) is 0.628. The second kappa shape index (κ2) is 2.98. The maximum atomic E-state index is 5.91. The molecule has 3 unspecified atom stereocenters. The molecule has 0 spiro atoms. The minimum Gasteiger partial charge on any atom is -0.374 e. The fourth-order valence-corrected chi connectivity index (χ4v) is 3.49. The highest BCUT2D eigenvalue weighted by atomic mass is 32.1. The summed E-state index contributed by atoms with van der Waals surface area (Å²) in [5.74, 6) is 0. The van der Waals surface area contributed by atoms with E-state index in [1.807, 2.05) is 0 Å². The molecule has 2 aliphatic rings. The lowest BCUT2D eigenvalue weighted by molar-refractivity contribution is 0.0856. The van der Waals surface area contributed by atoms with Crippen LogP contribution in [0.5, 0.6) is 0 Å². The second-order valence-corrected chi connectivity index (χ2v) is 4.91. The van der Waals surface area contributed by atoms with Crippen LogP contribution in [0.2, 0.25) is 0 Å². The Balaban J connectivity index is 2.00. The van der Waals surface area contributed by atoms with Crippen molar-refractivity contribution in [2.24, 2.45) is 5.73 Å². The predicted molar refractivity (Wildman–Crippen MR) is 53.2 cm³/mol. The Morgan fingerprint density at radius 2 is 2.57 bits per heavy atom. The van der Waals surface area contributed by atoms with Crippen molar-refractivity contribution in [1.82, 2.24) is 9.36 Å². The van der Waals surface area contributed by atoms with Gasteiger partial charge in [-0.15, -0.1) is 0 Å². The number of fused-ring (bicyclic) bond motifs is 2. The molecule has 3 atom stereocenters. The van der Waals surface area contributed by atoms with E-state index >= 15 is 0 Å². The Labute approximate surface area is 86.6 Å². The molecule has 4 nitrogen and oxygen atoms in total. The van der Waals surface area contributed by atoms with Crippen LogP contribution in [0.1, 0.15) is 24.3 Å². The maximum absolute atomic E-state index is 5.91. The average molecular weight is 211 g/mol. The molecular weight excluding hydrogens is 198 g/mol. The van der Waals surface area contributed by atoms with Crippen molar-refractivity contribution in [2.75, 3.05) is 6.54 Å². The lowest BCUT2D eigenvalue weighted by atomic mass is 9.74. The van der Waals surface area contributed by atoms with Gasteiger partial charge in [-0.05, 0) is 30.8 Å². The third kappa shape index (κ3) is 1.00. The van der Waals surface area contributed by atoms with Crippen molar-refractivity contribution >= 4 is 11.5 Å². The van der Waals surface area contributed by atoms with Crippen LogP contribution in [0.4, 0.5) is 0 Å². The molecule has 0 saturated carbocycles. The van der Waals surface area contributed by atoms with Crippen LogP contribution in [0, 0.1) is 0 Å². The van der Waals surface area contributed by atoms with Gasteiger partial charge in [-0.25, -0.2) is 4.98 Å². The Kier molecular flexibility index (Phi) is 1.87. The first-order chi connectivity index (χ1) is 6.85. The molecule has 1 aromatic heterocycles. The van der Waals surface area contributed by atoms with Crippen molar-refractivity contribution in [3.05, 3.63) is 11.3 Å². The summed E-state index contributed by atoms with van der Waals surface area (Å²) in [4.78, 5) is 4.31. The first-order valence-electron chi connectivity index (χ1n) is 4.98.